The number of halogens is 4. The fourth-order valence-corrected chi connectivity index (χ4v) is 3.22. The maximum Gasteiger partial charge on any atom is 0.417 e. The molecule has 0 atom stereocenters. The number of hydrogen-bond donors (Lipinski definition) is 2. The third-order valence-corrected chi connectivity index (χ3v) is 4.69. The minimum Gasteiger partial charge on any atom is -0.351 e. The van der Waals surface area contributed by atoms with Gasteiger partial charge in [-0.2, -0.15) is 13.2 Å². The molecule has 9 heteroatoms. The number of carbonyl (C=O) groups is 1. The van der Waals surface area contributed by atoms with Gasteiger partial charge in [0.15, 0.2) is 0 Å². The highest BCUT2D eigenvalue weighted by Crippen LogP contribution is 2.36. The molecule has 1 heterocycles. The first-order chi connectivity index (χ1) is 12.8. The summed E-state index contributed by atoms with van der Waals surface area (Å²) in [7, 11) is 0. The van der Waals surface area contributed by atoms with E-state index in [1.54, 1.807) is 0 Å². The van der Waals surface area contributed by atoms with Crippen LogP contribution in [0, 0.1) is 0 Å². The van der Waals surface area contributed by atoms with Crippen LogP contribution >= 0.6 is 11.6 Å². The van der Waals surface area contributed by atoms with Gasteiger partial charge in [-0.3, -0.25) is 4.79 Å². The Hall–Kier alpha value is -2.35. The van der Waals surface area contributed by atoms with E-state index in [0.717, 1.165) is 37.8 Å². The number of hydrogen-bond acceptors (Lipinski definition) is 4. The minimum atomic E-state index is -4.61. The maximum absolute atomic E-state index is 12.9. The van der Waals surface area contributed by atoms with Crippen molar-refractivity contribution >= 4 is 29.1 Å². The summed E-state index contributed by atoms with van der Waals surface area (Å²) >= 11 is 5.59. The van der Waals surface area contributed by atoms with Crippen molar-refractivity contribution in [2.45, 2.75) is 44.3 Å². The predicted octanol–water partition coefficient (Wildman–Crippen LogP) is 5.15. The van der Waals surface area contributed by atoms with Crippen molar-refractivity contribution in [3.05, 3.63) is 46.7 Å². The number of anilines is 2. The van der Waals surface area contributed by atoms with Crippen LogP contribution in [0.1, 0.15) is 48.2 Å². The third-order valence-electron chi connectivity index (χ3n) is 4.36. The Bertz CT molecular complexity index is 822. The van der Waals surface area contributed by atoms with Crippen molar-refractivity contribution in [1.82, 2.24) is 9.97 Å². The topological polar surface area (TPSA) is 66.9 Å². The summed E-state index contributed by atoms with van der Waals surface area (Å²) in [4.78, 5) is 20.6. The molecule has 1 fully saturated rings. The summed E-state index contributed by atoms with van der Waals surface area (Å²) in [6.07, 6.45) is 2.35. The van der Waals surface area contributed by atoms with E-state index in [9.17, 15) is 18.0 Å². The van der Waals surface area contributed by atoms with Crippen molar-refractivity contribution in [3.63, 3.8) is 0 Å². The van der Waals surface area contributed by atoms with Gasteiger partial charge >= 0.3 is 6.18 Å². The van der Waals surface area contributed by atoms with E-state index in [2.05, 4.69) is 20.6 Å². The molecule has 27 heavy (non-hydrogen) atoms. The normalized spacial score (nSPS) is 15.4. The molecule has 1 aromatic carbocycles. The van der Waals surface area contributed by atoms with E-state index < -0.39 is 22.7 Å². The van der Waals surface area contributed by atoms with Crippen molar-refractivity contribution in [1.29, 1.82) is 0 Å². The average molecular weight is 399 g/mol. The van der Waals surface area contributed by atoms with Crippen LogP contribution in [0.25, 0.3) is 0 Å². The SMILES string of the molecule is O=C(Nc1ccc(Cl)c(C(F)(F)F)c1)c1ccnc(NC2CCCCC2)n1. The lowest BCUT2D eigenvalue weighted by atomic mass is 9.96. The zero-order valence-electron chi connectivity index (χ0n) is 14.3. The number of nitrogens with one attached hydrogen (secondary N) is 2. The number of rotatable bonds is 4. The van der Waals surface area contributed by atoms with E-state index >= 15 is 0 Å². The standard InChI is InChI=1S/C18H18ClF3N4O/c19-14-7-6-12(10-13(14)18(20,21)22)24-16(27)15-8-9-23-17(26-15)25-11-4-2-1-3-5-11/h6-11H,1-5H2,(H,24,27)(H,23,25,26). The number of nitrogens with zero attached hydrogens (tertiary/aromatic N) is 2. The fourth-order valence-electron chi connectivity index (χ4n) is 3.00. The van der Waals surface area contributed by atoms with Gasteiger partial charge in [0.05, 0.1) is 10.6 Å². The molecular formula is C18H18ClF3N4O. The molecule has 0 bridgehead atoms. The Labute approximate surface area is 159 Å². The van der Waals surface area contributed by atoms with Crippen LogP contribution in [0.2, 0.25) is 5.02 Å². The molecule has 1 amide bonds. The molecule has 0 saturated heterocycles. The molecule has 0 aliphatic heterocycles. The third kappa shape index (κ3) is 5.09. The summed E-state index contributed by atoms with van der Waals surface area (Å²) in [6.45, 7) is 0. The van der Waals surface area contributed by atoms with Crippen LogP contribution in [0.15, 0.2) is 30.5 Å². The van der Waals surface area contributed by atoms with E-state index in [0.29, 0.717) is 5.95 Å². The van der Waals surface area contributed by atoms with Gasteiger partial charge in [0.25, 0.3) is 5.91 Å². The lowest BCUT2D eigenvalue weighted by molar-refractivity contribution is -0.137. The lowest BCUT2D eigenvalue weighted by Gasteiger charge is -2.22. The molecule has 2 aromatic rings. The molecule has 2 N–H and O–H groups in total. The first-order valence-corrected chi connectivity index (χ1v) is 8.98. The maximum atomic E-state index is 12.9. The molecule has 1 aliphatic rings. The highest BCUT2D eigenvalue weighted by atomic mass is 35.5. The number of alkyl halides is 3. The minimum absolute atomic E-state index is 0.0165. The first kappa shape index (κ1) is 19.4. The van der Waals surface area contributed by atoms with E-state index in [1.807, 2.05) is 0 Å². The molecular weight excluding hydrogens is 381 g/mol. The van der Waals surface area contributed by atoms with Gasteiger partial charge in [0, 0.05) is 17.9 Å². The second-order valence-electron chi connectivity index (χ2n) is 6.39. The number of amides is 1. The number of aromatic nitrogens is 2. The van der Waals surface area contributed by atoms with Gasteiger partial charge in [-0.15, -0.1) is 0 Å². The van der Waals surface area contributed by atoms with Crippen LogP contribution < -0.4 is 10.6 Å². The van der Waals surface area contributed by atoms with Crippen LogP contribution in [-0.4, -0.2) is 21.9 Å². The molecule has 0 unspecified atom stereocenters. The van der Waals surface area contributed by atoms with Gasteiger partial charge in [-0.25, -0.2) is 9.97 Å². The summed E-state index contributed by atoms with van der Waals surface area (Å²) in [6, 6.07) is 4.86. The number of benzene rings is 1. The van der Waals surface area contributed by atoms with Crippen molar-refractivity contribution in [2.75, 3.05) is 10.6 Å². The highest BCUT2D eigenvalue weighted by molar-refractivity contribution is 6.31. The first-order valence-electron chi connectivity index (χ1n) is 8.60. The van der Waals surface area contributed by atoms with E-state index in [-0.39, 0.29) is 17.4 Å². The van der Waals surface area contributed by atoms with Gasteiger partial charge in [-0.1, -0.05) is 30.9 Å². The zero-order valence-corrected chi connectivity index (χ0v) is 15.1. The van der Waals surface area contributed by atoms with Crippen LogP contribution in [0.4, 0.5) is 24.8 Å². The Kier molecular flexibility index (Phi) is 5.84. The lowest BCUT2D eigenvalue weighted by Crippen LogP contribution is -2.24. The molecule has 0 spiro atoms. The smallest absolute Gasteiger partial charge is 0.351 e. The monoisotopic (exact) mass is 398 g/mol. The molecule has 144 valence electrons. The van der Waals surface area contributed by atoms with Crippen LogP contribution in [0.5, 0.6) is 0 Å². The largest absolute Gasteiger partial charge is 0.417 e. The summed E-state index contributed by atoms with van der Waals surface area (Å²) in [5, 5.41) is 5.19. The van der Waals surface area contributed by atoms with Gasteiger partial charge in [0.2, 0.25) is 5.95 Å². The van der Waals surface area contributed by atoms with Crippen LogP contribution in [-0.2, 0) is 6.18 Å². The highest BCUT2D eigenvalue weighted by Gasteiger charge is 2.33. The molecule has 1 aliphatic carbocycles. The molecule has 1 saturated carbocycles. The Morgan fingerprint density at radius 2 is 1.89 bits per heavy atom. The summed E-state index contributed by atoms with van der Waals surface area (Å²) in [5.74, 6) is -0.291. The summed E-state index contributed by atoms with van der Waals surface area (Å²) in [5.41, 5.74) is -0.965. The number of carbonyl (C=O) groups excluding carboxylic acids is 1. The van der Waals surface area contributed by atoms with E-state index in [1.165, 1.54) is 24.8 Å². The summed E-state index contributed by atoms with van der Waals surface area (Å²) < 4.78 is 38.8. The second-order valence-corrected chi connectivity index (χ2v) is 6.80. The van der Waals surface area contributed by atoms with Crippen LogP contribution in [0.3, 0.4) is 0 Å². The average Bonchev–Trinajstić information content (AvgIpc) is 2.63. The van der Waals surface area contributed by atoms with E-state index in [4.69, 9.17) is 11.6 Å². The quantitative estimate of drug-likeness (QED) is 0.747. The Morgan fingerprint density at radius 3 is 2.59 bits per heavy atom. The second kappa shape index (κ2) is 8.12. The fraction of sp³-hybridized carbons (Fsp3) is 0.389. The van der Waals surface area contributed by atoms with Gasteiger partial charge < -0.3 is 10.6 Å². The molecule has 5 nitrogen and oxygen atoms in total. The van der Waals surface area contributed by atoms with Crippen molar-refractivity contribution in [3.8, 4) is 0 Å². The van der Waals surface area contributed by atoms with Gasteiger partial charge in [-0.05, 0) is 37.1 Å². The van der Waals surface area contributed by atoms with Crippen molar-refractivity contribution in [2.24, 2.45) is 0 Å². The molecule has 3 rings (SSSR count). The molecule has 1 aromatic heterocycles. The Morgan fingerprint density at radius 1 is 1.15 bits per heavy atom. The molecule has 0 radical (unpaired) electrons. The van der Waals surface area contributed by atoms with Crippen molar-refractivity contribution < 1.29 is 18.0 Å². The zero-order chi connectivity index (χ0) is 19.4. The Balaban J connectivity index is 1.72. The van der Waals surface area contributed by atoms with Gasteiger partial charge in [0.1, 0.15) is 5.69 Å². The predicted molar refractivity (Wildman–Crippen MR) is 96.9 cm³/mol.